The number of hydrogen-bond acceptors (Lipinski definition) is 4. The van der Waals surface area contributed by atoms with Crippen LogP contribution in [0.2, 0.25) is 0 Å². The van der Waals surface area contributed by atoms with Crippen LogP contribution in [0.3, 0.4) is 0 Å². The number of sulfonamides is 1. The fraction of sp³-hybridized carbons (Fsp3) is 0.786. The Morgan fingerprint density at radius 3 is 2.45 bits per heavy atom. The van der Waals surface area contributed by atoms with Crippen molar-refractivity contribution in [3.05, 3.63) is 11.4 Å². The van der Waals surface area contributed by atoms with Crippen LogP contribution < -0.4 is 4.90 Å². The van der Waals surface area contributed by atoms with Crippen molar-refractivity contribution in [1.82, 2.24) is 14.1 Å². The summed E-state index contributed by atoms with van der Waals surface area (Å²) in [6, 6.07) is 0. The van der Waals surface area contributed by atoms with Gasteiger partial charge in [0.1, 0.15) is 4.90 Å². The maximum absolute atomic E-state index is 12.9. The van der Waals surface area contributed by atoms with Crippen molar-refractivity contribution in [1.29, 1.82) is 0 Å². The van der Waals surface area contributed by atoms with E-state index in [0.29, 0.717) is 36.9 Å². The molecule has 0 aromatic carbocycles. The van der Waals surface area contributed by atoms with Gasteiger partial charge < -0.3 is 9.64 Å². The third-order valence-electron chi connectivity index (χ3n) is 4.57. The summed E-state index contributed by atoms with van der Waals surface area (Å²) in [6.07, 6.45) is 2.49. The van der Waals surface area contributed by atoms with Crippen molar-refractivity contribution in [3.63, 3.8) is 0 Å². The average molecular weight is 329 g/mol. The van der Waals surface area contributed by atoms with Crippen LogP contribution in [-0.2, 0) is 21.4 Å². The van der Waals surface area contributed by atoms with Gasteiger partial charge in [0, 0.05) is 25.9 Å². The van der Waals surface area contributed by atoms with Gasteiger partial charge in [-0.15, -0.1) is 0 Å². The van der Waals surface area contributed by atoms with Gasteiger partial charge >= 0.3 is 0 Å². The normalized spacial score (nSPS) is 21.5. The maximum atomic E-state index is 12.9. The van der Waals surface area contributed by atoms with Gasteiger partial charge in [0.05, 0.1) is 37.7 Å². The Labute approximate surface area is 131 Å². The molecule has 1 aromatic rings. The summed E-state index contributed by atoms with van der Waals surface area (Å²) in [5.74, 6) is 0. The van der Waals surface area contributed by atoms with E-state index < -0.39 is 10.0 Å². The molecule has 8 heteroatoms. The fourth-order valence-electron chi connectivity index (χ4n) is 3.37. The first-order valence-electron chi connectivity index (χ1n) is 7.95. The highest BCUT2D eigenvalue weighted by atomic mass is 32.2. The summed E-state index contributed by atoms with van der Waals surface area (Å²) in [6.45, 7) is 8.46. The van der Waals surface area contributed by atoms with Gasteiger partial charge in [-0.3, -0.25) is 0 Å². The molecule has 0 spiro atoms. The zero-order valence-electron chi connectivity index (χ0n) is 13.3. The predicted octanol–water partition coefficient (Wildman–Crippen LogP) is -0.843. The molecule has 3 rings (SSSR count). The second-order valence-electron chi connectivity index (χ2n) is 6.13. The van der Waals surface area contributed by atoms with Crippen LogP contribution in [0, 0.1) is 13.8 Å². The van der Waals surface area contributed by atoms with Gasteiger partial charge in [-0.05, 0) is 13.8 Å². The Bertz CT molecular complexity index is 629. The SMILES string of the molecule is Cc1nn(C[NH+]2CCCC2)c(C)c1S(=O)(=O)N1CCOCC1. The zero-order valence-corrected chi connectivity index (χ0v) is 14.2. The summed E-state index contributed by atoms with van der Waals surface area (Å²) in [7, 11) is -3.48. The molecule has 1 aromatic heterocycles. The number of quaternary nitrogens is 1. The predicted molar refractivity (Wildman–Crippen MR) is 81.2 cm³/mol. The molecular weight excluding hydrogens is 304 g/mol. The molecule has 0 aliphatic carbocycles. The van der Waals surface area contributed by atoms with Crippen LogP contribution >= 0.6 is 0 Å². The Morgan fingerprint density at radius 2 is 1.82 bits per heavy atom. The molecule has 0 saturated carbocycles. The third kappa shape index (κ3) is 2.92. The van der Waals surface area contributed by atoms with Gasteiger partial charge in [-0.25, -0.2) is 13.1 Å². The van der Waals surface area contributed by atoms with Gasteiger partial charge in [0.15, 0.2) is 6.67 Å². The fourth-order valence-corrected chi connectivity index (χ4v) is 5.15. The van der Waals surface area contributed by atoms with E-state index in [-0.39, 0.29) is 0 Å². The summed E-state index contributed by atoms with van der Waals surface area (Å²) >= 11 is 0. The van der Waals surface area contributed by atoms with Crippen molar-refractivity contribution in [2.75, 3.05) is 39.4 Å². The van der Waals surface area contributed by atoms with Crippen LogP contribution in [0.4, 0.5) is 0 Å². The number of morpholine rings is 1. The van der Waals surface area contributed by atoms with Gasteiger partial charge in [-0.1, -0.05) is 0 Å². The second-order valence-corrected chi connectivity index (χ2v) is 8.01. The Morgan fingerprint density at radius 1 is 1.18 bits per heavy atom. The van der Waals surface area contributed by atoms with Crippen molar-refractivity contribution in [2.45, 2.75) is 38.3 Å². The molecule has 22 heavy (non-hydrogen) atoms. The quantitative estimate of drug-likeness (QED) is 0.782. The molecule has 124 valence electrons. The molecule has 1 N–H and O–H groups in total. The van der Waals surface area contributed by atoms with Crippen molar-refractivity contribution < 1.29 is 18.1 Å². The van der Waals surface area contributed by atoms with E-state index in [4.69, 9.17) is 4.74 Å². The standard InChI is InChI=1S/C14H24N4O3S/c1-12-14(22(19,20)17-7-9-21-10-8-17)13(2)18(15-12)11-16-5-3-4-6-16/h3-11H2,1-2H3/p+1. The smallest absolute Gasteiger partial charge is 0.246 e. The summed E-state index contributed by atoms with van der Waals surface area (Å²) in [4.78, 5) is 1.86. The lowest BCUT2D eigenvalue weighted by Gasteiger charge is -2.26. The highest BCUT2D eigenvalue weighted by molar-refractivity contribution is 7.89. The highest BCUT2D eigenvalue weighted by Crippen LogP contribution is 2.23. The van der Waals surface area contributed by atoms with Crippen LogP contribution in [0.1, 0.15) is 24.2 Å². The summed E-state index contributed by atoms with van der Waals surface area (Å²) < 4.78 is 34.4. The van der Waals surface area contributed by atoms with E-state index in [1.165, 1.54) is 22.0 Å². The number of nitrogens with one attached hydrogen (secondary N) is 1. The molecule has 3 heterocycles. The van der Waals surface area contributed by atoms with Crippen molar-refractivity contribution in [2.24, 2.45) is 0 Å². The van der Waals surface area contributed by atoms with E-state index in [2.05, 4.69) is 5.10 Å². The average Bonchev–Trinajstić information content (AvgIpc) is 3.09. The Kier molecular flexibility index (Phi) is 4.54. The monoisotopic (exact) mass is 329 g/mol. The Balaban J connectivity index is 1.88. The lowest BCUT2D eigenvalue weighted by Crippen LogP contribution is -3.09. The van der Waals surface area contributed by atoms with E-state index >= 15 is 0 Å². The second kappa shape index (κ2) is 6.27. The molecular formula is C14H25N4O3S+. The largest absolute Gasteiger partial charge is 0.379 e. The van der Waals surface area contributed by atoms with Crippen LogP contribution in [0.15, 0.2) is 4.90 Å². The maximum Gasteiger partial charge on any atom is 0.246 e. The van der Waals surface area contributed by atoms with Crippen LogP contribution in [-0.4, -0.2) is 61.9 Å². The van der Waals surface area contributed by atoms with Crippen molar-refractivity contribution >= 4 is 10.0 Å². The lowest BCUT2D eigenvalue weighted by atomic mass is 10.4. The number of likely N-dealkylation sites (tertiary alicyclic amines) is 1. The summed E-state index contributed by atoms with van der Waals surface area (Å²) in [5, 5.41) is 4.49. The minimum atomic E-state index is -3.48. The molecule has 2 saturated heterocycles. The topological polar surface area (TPSA) is 68.9 Å². The highest BCUT2D eigenvalue weighted by Gasteiger charge is 2.32. The van der Waals surface area contributed by atoms with E-state index in [9.17, 15) is 8.42 Å². The van der Waals surface area contributed by atoms with Gasteiger partial charge in [0.25, 0.3) is 0 Å². The van der Waals surface area contributed by atoms with Crippen LogP contribution in [0.5, 0.6) is 0 Å². The lowest BCUT2D eigenvalue weighted by molar-refractivity contribution is -0.911. The number of ether oxygens (including phenoxy) is 1. The molecule has 0 atom stereocenters. The van der Waals surface area contributed by atoms with E-state index in [1.807, 2.05) is 11.6 Å². The molecule has 0 bridgehead atoms. The number of aryl methyl sites for hydroxylation is 1. The molecule has 2 aliphatic heterocycles. The first-order valence-corrected chi connectivity index (χ1v) is 9.39. The number of nitrogens with zero attached hydrogens (tertiary/aromatic N) is 3. The minimum Gasteiger partial charge on any atom is -0.379 e. The van der Waals surface area contributed by atoms with E-state index in [0.717, 1.165) is 25.5 Å². The molecule has 2 aliphatic rings. The molecule has 7 nitrogen and oxygen atoms in total. The van der Waals surface area contributed by atoms with Crippen molar-refractivity contribution in [3.8, 4) is 0 Å². The number of rotatable bonds is 4. The summed E-state index contributed by atoms with van der Waals surface area (Å²) in [5.41, 5.74) is 1.35. The molecule has 0 amide bonds. The van der Waals surface area contributed by atoms with Crippen LogP contribution in [0.25, 0.3) is 0 Å². The minimum absolute atomic E-state index is 0.382. The van der Waals surface area contributed by atoms with E-state index in [1.54, 1.807) is 6.92 Å². The number of hydrogen-bond donors (Lipinski definition) is 1. The Hall–Kier alpha value is -0.960. The van der Waals surface area contributed by atoms with Gasteiger partial charge in [-0.2, -0.15) is 9.40 Å². The number of aromatic nitrogens is 2. The molecule has 0 radical (unpaired) electrons. The third-order valence-corrected chi connectivity index (χ3v) is 6.72. The zero-order chi connectivity index (χ0) is 15.7. The first-order chi connectivity index (χ1) is 10.5. The van der Waals surface area contributed by atoms with Gasteiger partial charge in [0.2, 0.25) is 10.0 Å². The molecule has 2 fully saturated rings. The first kappa shape index (κ1) is 15.9. The molecule has 0 unspecified atom stereocenters.